The van der Waals surface area contributed by atoms with Crippen molar-refractivity contribution in [2.45, 2.75) is 25.5 Å². The topological polar surface area (TPSA) is 76.4 Å². The predicted molar refractivity (Wildman–Crippen MR) is 49.2 cm³/mol. The van der Waals surface area contributed by atoms with Crippen molar-refractivity contribution in [3.8, 4) is 0 Å². The third kappa shape index (κ3) is 4.10. The first-order chi connectivity index (χ1) is 6.33. The second-order valence-corrected chi connectivity index (χ2v) is 3.04. The minimum absolute atomic E-state index is 0.0992. The highest BCUT2D eigenvalue weighted by molar-refractivity contribution is 5.73. The number of rotatable bonds is 4. The summed E-state index contributed by atoms with van der Waals surface area (Å²) in [5.74, 6) is 0. The highest BCUT2D eigenvalue weighted by atomic mass is 16.5. The normalized spacial score (nSPS) is 21.5. The average Bonchev–Trinajstić information content (AvgIpc) is 2.57. The molecular weight excluding hydrogens is 170 g/mol. The molecule has 0 aromatic rings. The standard InChI is InChI=1S/C8H17N3O2/c9-4-2-5-10-8(12)11-7-3-1-6-13-7/h7H,1-6,9H2,(H2,10,11,12). The SMILES string of the molecule is NCCCNC(=O)NC1CCCO1. The van der Waals surface area contributed by atoms with Crippen LogP contribution < -0.4 is 16.4 Å². The molecule has 1 saturated heterocycles. The van der Waals surface area contributed by atoms with Gasteiger partial charge in [-0.2, -0.15) is 0 Å². The summed E-state index contributed by atoms with van der Waals surface area (Å²) in [7, 11) is 0. The molecular formula is C8H17N3O2. The van der Waals surface area contributed by atoms with Crippen molar-refractivity contribution in [2.75, 3.05) is 19.7 Å². The van der Waals surface area contributed by atoms with Crippen LogP contribution in [0.1, 0.15) is 19.3 Å². The summed E-state index contributed by atoms with van der Waals surface area (Å²) < 4.78 is 5.23. The maximum absolute atomic E-state index is 11.1. The fraction of sp³-hybridized carbons (Fsp3) is 0.875. The molecule has 2 amide bonds. The molecule has 1 aliphatic heterocycles. The summed E-state index contributed by atoms with van der Waals surface area (Å²) in [6, 6.07) is -0.166. The molecule has 0 aliphatic carbocycles. The molecule has 0 saturated carbocycles. The van der Waals surface area contributed by atoms with Crippen molar-refractivity contribution in [2.24, 2.45) is 5.73 Å². The molecule has 5 nitrogen and oxygen atoms in total. The van der Waals surface area contributed by atoms with Gasteiger partial charge in [0.25, 0.3) is 0 Å². The minimum Gasteiger partial charge on any atom is -0.358 e. The van der Waals surface area contributed by atoms with E-state index in [0.29, 0.717) is 13.1 Å². The van der Waals surface area contributed by atoms with Crippen LogP contribution in [0.15, 0.2) is 0 Å². The Morgan fingerprint density at radius 2 is 2.46 bits per heavy atom. The van der Waals surface area contributed by atoms with Gasteiger partial charge in [-0.3, -0.25) is 0 Å². The van der Waals surface area contributed by atoms with Gasteiger partial charge in [0, 0.05) is 13.2 Å². The fourth-order valence-corrected chi connectivity index (χ4v) is 1.19. The van der Waals surface area contributed by atoms with Crippen LogP contribution in [0.3, 0.4) is 0 Å². The summed E-state index contributed by atoms with van der Waals surface area (Å²) in [5, 5.41) is 5.43. The van der Waals surface area contributed by atoms with E-state index >= 15 is 0 Å². The van der Waals surface area contributed by atoms with Crippen LogP contribution in [-0.2, 0) is 4.74 Å². The van der Waals surface area contributed by atoms with Crippen molar-refractivity contribution in [3.05, 3.63) is 0 Å². The lowest BCUT2D eigenvalue weighted by Crippen LogP contribution is -2.42. The second kappa shape index (κ2) is 5.77. The zero-order chi connectivity index (χ0) is 9.52. The minimum atomic E-state index is -0.166. The van der Waals surface area contributed by atoms with Crippen LogP contribution in [-0.4, -0.2) is 32.0 Å². The van der Waals surface area contributed by atoms with Gasteiger partial charge in [-0.05, 0) is 25.8 Å². The van der Waals surface area contributed by atoms with E-state index in [0.717, 1.165) is 25.9 Å². The van der Waals surface area contributed by atoms with E-state index in [2.05, 4.69) is 10.6 Å². The Bertz CT molecular complexity index is 157. The molecule has 5 heteroatoms. The number of carbonyl (C=O) groups is 1. The van der Waals surface area contributed by atoms with Crippen LogP contribution in [0.25, 0.3) is 0 Å². The first-order valence-corrected chi connectivity index (χ1v) is 4.69. The molecule has 76 valence electrons. The highest BCUT2D eigenvalue weighted by Crippen LogP contribution is 2.08. The highest BCUT2D eigenvalue weighted by Gasteiger charge is 2.16. The maximum atomic E-state index is 11.1. The third-order valence-corrected chi connectivity index (χ3v) is 1.89. The van der Waals surface area contributed by atoms with Gasteiger partial charge < -0.3 is 21.1 Å². The van der Waals surface area contributed by atoms with Crippen molar-refractivity contribution in [3.63, 3.8) is 0 Å². The van der Waals surface area contributed by atoms with Gasteiger partial charge in [0.1, 0.15) is 6.23 Å². The molecule has 4 N–H and O–H groups in total. The Morgan fingerprint density at radius 1 is 1.62 bits per heavy atom. The molecule has 1 aliphatic rings. The molecule has 13 heavy (non-hydrogen) atoms. The molecule has 1 heterocycles. The Balaban J connectivity index is 2.02. The Morgan fingerprint density at radius 3 is 3.08 bits per heavy atom. The number of hydrogen-bond acceptors (Lipinski definition) is 3. The Hall–Kier alpha value is -0.810. The van der Waals surface area contributed by atoms with Crippen LogP contribution in [0.5, 0.6) is 0 Å². The van der Waals surface area contributed by atoms with Crippen LogP contribution >= 0.6 is 0 Å². The Kier molecular flexibility index (Phi) is 4.56. The molecule has 1 rings (SSSR count). The molecule has 0 bridgehead atoms. The lowest BCUT2D eigenvalue weighted by Gasteiger charge is -2.12. The van der Waals surface area contributed by atoms with Gasteiger partial charge in [-0.25, -0.2) is 4.79 Å². The zero-order valence-electron chi connectivity index (χ0n) is 7.71. The zero-order valence-corrected chi connectivity index (χ0v) is 7.71. The predicted octanol–water partition coefficient (Wildman–Crippen LogP) is -0.229. The Labute approximate surface area is 78.0 Å². The van der Waals surface area contributed by atoms with E-state index in [4.69, 9.17) is 10.5 Å². The van der Waals surface area contributed by atoms with Crippen molar-refractivity contribution >= 4 is 6.03 Å². The van der Waals surface area contributed by atoms with Gasteiger partial charge in [0.2, 0.25) is 0 Å². The molecule has 1 fully saturated rings. The third-order valence-electron chi connectivity index (χ3n) is 1.89. The summed E-state index contributed by atoms with van der Waals surface area (Å²) in [5.41, 5.74) is 5.28. The number of urea groups is 1. The van der Waals surface area contributed by atoms with Crippen molar-refractivity contribution < 1.29 is 9.53 Å². The molecule has 0 spiro atoms. The monoisotopic (exact) mass is 187 g/mol. The summed E-state index contributed by atoms with van der Waals surface area (Å²) >= 11 is 0. The molecule has 0 radical (unpaired) electrons. The van der Waals surface area contributed by atoms with Crippen molar-refractivity contribution in [1.29, 1.82) is 0 Å². The van der Waals surface area contributed by atoms with Crippen LogP contribution in [0.2, 0.25) is 0 Å². The van der Waals surface area contributed by atoms with Crippen LogP contribution in [0, 0.1) is 0 Å². The van der Waals surface area contributed by atoms with E-state index in [-0.39, 0.29) is 12.3 Å². The van der Waals surface area contributed by atoms with Crippen LogP contribution in [0.4, 0.5) is 4.79 Å². The van der Waals surface area contributed by atoms with Gasteiger partial charge >= 0.3 is 6.03 Å². The van der Waals surface area contributed by atoms with Crippen molar-refractivity contribution in [1.82, 2.24) is 10.6 Å². The van der Waals surface area contributed by atoms with E-state index in [1.54, 1.807) is 0 Å². The smallest absolute Gasteiger partial charge is 0.316 e. The van der Waals surface area contributed by atoms with Gasteiger partial charge in [0.15, 0.2) is 0 Å². The molecule has 1 unspecified atom stereocenters. The first-order valence-electron chi connectivity index (χ1n) is 4.69. The number of hydrogen-bond donors (Lipinski definition) is 3. The van der Waals surface area contributed by atoms with E-state index in [1.165, 1.54) is 0 Å². The number of amides is 2. The lowest BCUT2D eigenvalue weighted by molar-refractivity contribution is 0.0907. The number of nitrogens with two attached hydrogens (primary N) is 1. The molecule has 0 aromatic carbocycles. The summed E-state index contributed by atoms with van der Waals surface area (Å²) in [4.78, 5) is 11.1. The summed E-state index contributed by atoms with van der Waals surface area (Å²) in [6.45, 7) is 1.96. The molecule has 0 aromatic heterocycles. The second-order valence-electron chi connectivity index (χ2n) is 3.04. The largest absolute Gasteiger partial charge is 0.358 e. The number of carbonyl (C=O) groups excluding carboxylic acids is 1. The fourth-order valence-electron chi connectivity index (χ4n) is 1.19. The van der Waals surface area contributed by atoms with E-state index < -0.39 is 0 Å². The van der Waals surface area contributed by atoms with E-state index in [1.807, 2.05) is 0 Å². The maximum Gasteiger partial charge on any atom is 0.316 e. The quantitative estimate of drug-likeness (QED) is 0.532. The summed E-state index contributed by atoms with van der Waals surface area (Å²) in [6.07, 6.45) is 2.63. The lowest BCUT2D eigenvalue weighted by atomic mass is 10.3. The average molecular weight is 187 g/mol. The number of ether oxygens (including phenoxy) is 1. The first kappa shape index (κ1) is 10.3. The van der Waals surface area contributed by atoms with Gasteiger partial charge in [0.05, 0.1) is 0 Å². The van der Waals surface area contributed by atoms with E-state index in [9.17, 15) is 4.79 Å². The molecule has 1 atom stereocenters. The number of nitrogens with one attached hydrogen (secondary N) is 2. The van der Waals surface area contributed by atoms with Gasteiger partial charge in [-0.1, -0.05) is 0 Å². The van der Waals surface area contributed by atoms with Gasteiger partial charge in [-0.15, -0.1) is 0 Å².